The molecule has 0 radical (unpaired) electrons. The summed E-state index contributed by atoms with van der Waals surface area (Å²) in [6, 6.07) is 0. The molecule has 0 aliphatic carbocycles. The Labute approximate surface area is 289 Å². The van der Waals surface area contributed by atoms with Crippen LogP contribution in [0.5, 0.6) is 0 Å². The van der Waals surface area contributed by atoms with Gasteiger partial charge in [0.15, 0.2) is 0 Å². The molecule has 0 aromatic rings. The Morgan fingerprint density at radius 1 is 0.231 bits per heavy atom. The molecule has 0 amide bonds. The van der Waals surface area contributed by atoms with E-state index < -0.39 is 0 Å². The Kier molecular flexibility index (Phi) is 53.5. The Morgan fingerprint density at radius 3 is 0.487 bits per heavy atom. The van der Waals surface area contributed by atoms with E-state index in [0.29, 0.717) is 0 Å². The van der Waals surface area contributed by atoms with Gasteiger partial charge in [-0.25, -0.2) is 0 Å². The van der Waals surface area contributed by atoms with Gasteiger partial charge in [0.25, 0.3) is 0 Å². The molecular formula is C36H74BaO2. The van der Waals surface area contributed by atoms with E-state index >= 15 is 0 Å². The number of hydrogen-bond donors (Lipinski definition) is 0. The summed E-state index contributed by atoms with van der Waals surface area (Å²) in [5, 5.41) is 20.5. The zero-order valence-electron chi connectivity index (χ0n) is 27.6. The van der Waals surface area contributed by atoms with Gasteiger partial charge in [-0.1, -0.05) is 219 Å². The second-order valence-electron chi connectivity index (χ2n) is 12.0. The van der Waals surface area contributed by atoms with Gasteiger partial charge < -0.3 is 10.2 Å². The molecule has 3 heteroatoms. The normalized spacial score (nSPS) is 10.8. The van der Waals surface area contributed by atoms with Crippen LogP contribution in [0.15, 0.2) is 0 Å². The first kappa shape index (κ1) is 44.9. The molecule has 0 atom stereocenters. The van der Waals surface area contributed by atoms with E-state index in [1.54, 1.807) is 0 Å². The fourth-order valence-corrected chi connectivity index (χ4v) is 5.30. The molecule has 0 bridgehead atoms. The zero-order valence-corrected chi connectivity index (χ0v) is 32.0. The standard InChI is InChI=1S/2C18H37O.Ba/c2*1-2-3-4-5-6-7-8-9-10-11-12-13-14-15-16-17-18-19;/h2*2-18H2,1H3;/q2*-1;+2. The average Bonchev–Trinajstić information content (AvgIpc) is 2.93. The molecule has 0 rings (SSSR count). The molecule has 0 aromatic carbocycles. The maximum atomic E-state index is 10.3. The van der Waals surface area contributed by atoms with Crippen LogP contribution < -0.4 is 10.2 Å². The Bertz CT molecular complexity index is 298. The first-order valence-electron chi connectivity index (χ1n) is 18.0. The number of unbranched alkanes of at least 4 members (excludes halogenated alkanes) is 30. The summed E-state index contributed by atoms with van der Waals surface area (Å²) in [4.78, 5) is 0. The number of rotatable bonds is 32. The fraction of sp³-hybridized carbons (Fsp3) is 1.00. The molecule has 39 heavy (non-hydrogen) atoms. The smallest absolute Gasteiger partial charge is 0.854 e. The summed E-state index contributed by atoms with van der Waals surface area (Å²) in [7, 11) is 0. The third-order valence-electron chi connectivity index (χ3n) is 8.00. The zero-order chi connectivity index (χ0) is 28.0. The second-order valence-corrected chi connectivity index (χ2v) is 12.0. The topological polar surface area (TPSA) is 46.1 Å². The van der Waals surface area contributed by atoms with Crippen LogP contribution in [0.3, 0.4) is 0 Å². The molecule has 232 valence electrons. The summed E-state index contributed by atoms with van der Waals surface area (Å²) in [6.07, 6.45) is 43.7. The van der Waals surface area contributed by atoms with E-state index in [-0.39, 0.29) is 62.1 Å². The summed E-state index contributed by atoms with van der Waals surface area (Å²) >= 11 is 0. The molecule has 0 heterocycles. The molecule has 0 aliphatic rings. The van der Waals surface area contributed by atoms with Gasteiger partial charge in [-0.3, -0.25) is 0 Å². The van der Waals surface area contributed by atoms with Crippen LogP contribution in [-0.4, -0.2) is 62.1 Å². The maximum absolute atomic E-state index is 10.3. The van der Waals surface area contributed by atoms with Gasteiger partial charge in [0.2, 0.25) is 0 Å². The third-order valence-corrected chi connectivity index (χ3v) is 8.00. The SMILES string of the molecule is CCCCCCCCCCCCCCCCCC[O-].CCCCCCCCCCCCCCCCCC[O-].[Ba+2]. The quantitative estimate of drug-likeness (QED) is 0.0526. The molecule has 2 nitrogen and oxygen atoms in total. The number of hydrogen-bond acceptors (Lipinski definition) is 2. The molecule has 0 unspecified atom stereocenters. The fourth-order valence-electron chi connectivity index (χ4n) is 5.30. The van der Waals surface area contributed by atoms with E-state index in [1.165, 1.54) is 180 Å². The van der Waals surface area contributed by atoms with Crippen LogP contribution in [-0.2, 0) is 0 Å². The summed E-state index contributed by atoms with van der Waals surface area (Å²) in [6.45, 7) is 4.81. The molecule has 0 fully saturated rings. The predicted molar refractivity (Wildman–Crippen MR) is 175 cm³/mol. The summed E-state index contributed by atoms with van der Waals surface area (Å²) < 4.78 is 0. The molecule has 0 aliphatic heterocycles. The molecule has 0 spiro atoms. The summed E-state index contributed by atoms with van der Waals surface area (Å²) in [5.41, 5.74) is 0. The Morgan fingerprint density at radius 2 is 0.359 bits per heavy atom. The van der Waals surface area contributed by atoms with E-state index in [0.717, 1.165) is 25.7 Å². The summed E-state index contributed by atoms with van der Waals surface area (Å²) in [5.74, 6) is 0. The van der Waals surface area contributed by atoms with Gasteiger partial charge in [-0.15, -0.1) is 13.2 Å². The molecule has 0 N–H and O–H groups in total. The van der Waals surface area contributed by atoms with Crippen molar-refractivity contribution in [1.82, 2.24) is 0 Å². The third kappa shape index (κ3) is 49.5. The second kappa shape index (κ2) is 46.4. The Balaban J connectivity index is -0.000000648. The van der Waals surface area contributed by atoms with E-state index in [1.807, 2.05) is 0 Å². The minimum absolute atomic E-state index is 0. The van der Waals surface area contributed by atoms with Crippen molar-refractivity contribution in [2.45, 2.75) is 219 Å². The monoisotopic (exact) mass is 676 g/mol. The first-order chi connectivity index (χ1) is 18.8. The average molecular weight is 676 g/mol. The van der Waals surface area contributed by atoms with Crippen molar-refractivity contribution in [3.05, 3.63) is 0 Å². The largest absolute Gasteiger partial charge is 2.00 e. The molecule has 0 saturated heterocycles. The molecular weight excluding hydrogens is 602 g/mol. The van der Waals surface area contributed by atoms with Crippen LogP contribution in [0.4, 0.5) is 0 Å². The first-order valence-corrected chi connectivity index (χ1v) is 18.0. The van der Waals surface area contributed by atoms with E-state index in [4.69, 9.17) is 0 Å². The van der Waals surface area contributed by atoms with Crippen molar-refractivity contribution in [3.8, 4) is 0 Å². The van der Waals surface area contributed by atoms with Crippen LogP contribution in [0.1, 0.15) is 219 Å². The van der Waals surface area contributed by atoms with Gasteiger partial charge in [-0.2, -0.15) is 0 Å². The molecule has 0 aromatic heterocycles. The van der Waals surface area contributed by atoms with E-state index in [9.17, 15) is 10.2 Å². The van der Waals surface area contributed by atoms with Crippen LogP contribution >= 0.6 is 0 Å². The van der Waals surface area contributed by atoms with Crippen molar-refractivity contribution in [1.29, 1.82) is 0 Å². The minimum Gasteiger partial charge on any atom is -0.854 e. The minimum atomic E-state index is 0. The van der Waals surface area contributed by atoms with Crippen LogP contribution in [0.25, 0.3) is 0 Å². The van der Waals surface area contributed by atoms with Crippen molar-refractivity contribution in [2.75, 3.05) is 13.2 Å². The maximum Gasteiger partial charge on any atom is 2.00 e. The van der Waals surface area contributed by atoms with Gasteiger partial charge in [0.05, 0.1) is 0 Å². The van der Waals surface area contributed by atoms with Crippen molar-refractivity contribution in [2.24, 2.45) is 0 Å². The van der Waals surface area contributed by atoms with E-state index in [2.05, 4.69) is 13.8 Å². The van der Waals surface area contributed by atoms with Crippen molar-refractivity contribution < 1.29 is 10.2 Å². The van der Waals surface area contributed by atoms with Gasteiger partial charge >= 0.3 is 48.9 Å². The predicted octanol–water partition coefficient (Wildman–Crippen LogP) is 10.8. The van der Waals surface area contributed by atoms with Crippen LogP contribution in [0.2, 0.25) is 0 Å². The Hall–Kier alpha value is 1.49. The van der Waals surface area contributed by atoms with Gasteiger partial charge in [-0.05, 0) is 0 Å². The van der Waals surface area contributed by atoms with Crippen LogP contribution in [0, 0.1) is 0 Å². The van der Waals surface area contributed by atoms with Crippen molar-refractivity contribution >= 4 is 48.9 Å². The van der Waals surface area contributed by atoms with Gasteiger partial charge in [0, 0.05) is 0 Å². The molecule has 0 saturated carbocycles. The van der Waals surface area contributed by atoms with Crippen molar-refractivity contribution in [3.63, 3.8) is 0 Å². The van der Waals surface area contributed by atoms with Gasteiger partial charge in [0.1, 0.15) is 0 Å².